The van der Waals surface area contributed by atoms with E-state index in [2.05, 4.69) is 4.98 Å². The zero-order chi connectivity index (χ0) is 13.3. The molecule has 0 amide bonds. The van der Waals surface area contributed by atoms with E-state index in [1.54, 1.807) is 13.0 Å². The third kappa shape index (κ3) is 2.15. The number of aryl methyl sites for hydroxylation is 2. The highest BCUT2D eigenvalue weighted by Crippen LogP contribution is 2.30. The van der Waals surface area contributed by atoms with E-state index in [-0.39, 0.29) is 11.1 Å². The molecule has 1 N–H and O–H groups in total. The lowest BCUT2D eigenvalue weighted by atomic mass is 10.00. The number of aromatic nitrogens is 1. The van der Waals surface area contributed by atoms with Crippen LogP contribution in [0.5, 0.6) is 0 Å². The first-order chi connectivity index (χ1) is 8.52. The molecular weight excluding hydrogens is 248 g/mol. The van der Waals surface area contributed by atoms with E-state index in [0.717, 1.165) is 5.56 Å². The Hall–Kier alpha value is -2.05. The third-order valence-electron chi connectivity index (χ3n) is 2.69. The van der Waals surface area contributed by atoms with Crippen LogP contribution < -0.4 is 5.56 Å². The van der Waals surface area contributed by atoms with Crippen molar-refractivity contribution in [1.29, 1.82) is 5.26 Å². The van der Waals surface area contributed by atoms with Crippen molar-refractivity contribution in [3.63, 3.8) is 0 Å². The Morgan fingerprint density at radius 3 is 2.56 bits per heavy atom. The van der Waals surface area contributed by atoms with Crippen LogP contribution in [-0.2, 0) is 0 Å². The highest BCUT2D eigenvalue weighted by atomic mass is 35.5. The molecule has 1 aromatic carbocycles. The zero-order valence-corrected chi connectivity index (χ0v) is 10.8. The van der Waals surface area contributed by atoms with E-state index in [4.69, 9.17) is 16.9 Å². The predicted molar refractivity (Wildman–Crippen MR) is 71.7 cm³/mol. The molecule has 0 atom stereocenters. The molecule has 0 radical (unpaired) electrons. The second-order valence-electron chi connectivity index (χ2n) is 4.17. The number of hydrogen-bond donors (Lipinski definition) is 1. The van der Waals surface area contributed by atoms with Gasteiger partial charge < -0.3 is 4.98 Å². The number of pyridine rings is 1. The van der Waals surface area contributed by atoms with Crippen molar-refractivity contribution < 1.29 is 0 Å². The van der Waals surface area contributed by atoms with Crippen molar-refractivity contribution >= 4 is 11.6 Å². The number of nitriles is 1. The monoisotopic (exact) mass is 258 g/mol. The first kappa shape index (κ1) is 12.4. The molecule has 90 valence electrons. The number of halogens is 1. The normalized spacial score (nSPS) is 10.1. The van der Waals surface area contributed by atoms with Crippen LogP contribution in [0, 0.1) is 25.2 Å². The molecule has 0 spiro atoms. The summed E-state index contributed by atoms with van der Waals surface area (Å²) in [5.74, 6) is 0. The molecular formula is C14H11ClN2O. The van der Waals surface area contributed by atoms with Crippen molar-refractivity contribution in [2.75, 3.05) is 0 Å². The van der Waals surface area contributed by atoms with E-state index in [0.29, 0.717) is 21.8 Å². The molecule has 0 bridgehead atoms. The molecule has 18 heavy (non-hydrogen) atoms. The second kappa shape index (κ2) is 4.67. The van der Waals surface area contributed by atoms with Crippen molar-refractivity contribution in [1.82, 2.24) is 4.98 Å². The minimum absolute atomic E-state index is 0.0892. The zero-order valence-electron chi connectivity index (χ0n) is 10.0. The van der Waals surface area contributed by atoms with E-state index >= 15 is 0 Å². The van der Waals surface area contributed by atoms with Crippen LogP contribution >= 0.6 is 11.6 Å². The molecule has 2 rings (SSSR count). The minimum atomic E-state index is -0.385. The number of benzene rings is 1. The van der Waals surface area contributed by atoms with E-state index < -0.39 is 0 Å². The van der Waals surface area contributed by atoms with Crippen LogP contribution in [0.15, 0.2) is 29.1 Å². The molecule has 2 aromatic rings. The second-order valence-corrected chi connectivity index (χ2v) is 4.57. The Morgan fingerprint density at radius 1 is 1.22 bits per heavy atom. The fourth-order valence-corrected chi connectivity index (χ4v) is 2.19. The van der Waals surface area contributed by atoms with Crippen LogP contribution in [0.25, 0.3) is 11.1 Å². The van der Waals surface area contributed by atoms with Crippen LogP contribution in [0.2, 0.25) is 5.02 Å². The van der Waals surface area contributed by atoms with Gasteiger partial charge in [0, 0.05) is 21.8 Å². The van der Waals surface area contributed by atoms with E-state index in [1.165, 1.54) is 0 Å². The molecule has 3 nitrogen and oxygen atoms in total. The van der Waals surface area contributed by atoms with Gasteiger partial charge in [0.05, 0.1) is 0 Å². The SMILES string of the molecule is Cc1ccc(-c2cc(C)[nH]c(=O)c2C#N)c(Cl)c1. The van der Waals surface area contributed by atoms with Gasteiger partial charge in [0.1, 0.15) is 11.6 Å². The summed E-state index contributed by atoms with van der Waals surface area (Å²) >= 11 is 6.18. The Kier molecular flexibility index (Phi) is 3.22. The number of rotatable bonds is 1. The molecule has 1 heterocycles. The van der Waals surface area contributed by atoms with Crippen molar-refractivity contribution in [3.8, 4) is 17.2 Å². The third-order valence-corrected chi connectivity index (χ3v) is 3.01. The van der Waals surface area contributed by atoms with Gasteiger partial charge in [0.2, 0.25) is 0 Å². The summed E-state index contributed by atoms with van der Waals surface area (Å²) in [6.45, 7) is 3.71. The molecule has 0 aliphatic heterocycles. The highest BCUT2D eigenvalue weighted by Gasteiger charge is 2.12. The standard InChI is InChI=1S/C14H11ClN2O/c1-8-3-4-10(13(15)5-8)11-6-9(2)17-14(18)12(11)7-16/h3-6H,1-2H3,(H,17,18). The van der Waals surface area contributed by atoms with Crippen LogP contribution in [0.4, 0.5) is 0 Å². The summed E-state index contributed by atoms with van der Waals surface area (Å²) in [6, 6.07) is 9.23. The van der Waals surface area contributed by atoms with Gasteiger partial charge in [-0.2, -0.15) is 5.26 Å². The molecule has 0 unspecified atom stereocenters. The van der Waals surface area contributed by atoms with Gasteiger partial charge in [-0.15, -0.1) is 0 Å². The first-order valence-corrected chi connectivity index (χ1v) is 5.81. The number of aromatic amines is 1. The lowest BCUT2D eigenvalue weighted by molar-refractivity contribution is 1.13. The molecule has 0 saturated carbocycles. The highest BCUT2D eigenvalue weighted by molar-refractivity contribution is 6.33. The summed E-state index contributed by atoms with van der Waals surface area (Å²) < 4.78 is 0. The maximum absolute atomic E-state index is 11.7. The van der Waals surface area contributed by atoms with Gasteiger partial charge in [-0.1, -0.05) is 23.7 Å². The summed E-state index contributed by atoms with van der Waals surface area (Å²) in [5.41, 5.74) is 2.71. The van der Waals surface area contributed by atoms with Gasteiger partial charge in [0.15, 0.2) is 0 Å². The van der Waals surface area contributed by atoms with Crippen LogP contribution in [-0.4, -0.2) is 4.98 Å². The summed E-state index contributed by atoms with van der Waals surface area (Å²) in [7, 11) is 0. The van der Waals surface area contributed by atoms with Crippen molar-refractivity contribution in [3.05, 3.63) is 56.5 Å². The Morgan fingerprint density at radius 2 is 1.94 bits per heavy atom. The van der Waals surface area contributed by atoms with E-state index in [9.17, 15) is 4.79 Å². The minimum Gasteiger partial charge on any atom is -0.325 e. The maximum atomic E-state index is 11.7. The number of nitrogens with zero attached hydrogens (tertiary/aromatic N) is 1. The average molecular weight is 259 g/mol. The van der Waals surface area contributed by atoms with Crippen molar-refractivity contribution in [2.24, 2.45) is 0 Å². The van der Waals surface area contributed by atoms with Gasteiger partial charge >= 0.3 is 0 Å². The number of H-pyrrole nitrogens is 1. The van der Waals surface area contributed by atoms with Gasteiger partial charge in [-0.3, -0.25) is 4.79 Å². The fourth-order valence-electron chi connectivity index (χ4n) is 1.85. The molecule has 0 aliphatic carbocycles. The molecule has 1 aromatic heterocycles. The molecule has 0 aliphatic rings. The first-order valence-electron chi connectivity index (χ1n) is 5.43. The number of hydrogen-bond acceptors (Lipinski definition) is 2. The van der Waals surface area contributed by atoms with Crippen LogP contribution in [0.1, 0.15) is 16.8 Å². The summed E-state index contributed by atoms with van der Waals surface area (Å²) in [5, 5.41) is 9.62. The Balaban J connectivity index is 2.79. The largest absolute Gasteiger partial charge is 0.325 e. The summed E-state index contributed by atoms with van der Waals surface area (Å²) in [6.07, 6.45) is 0. The molecule has 0 fully saturated rings. The topological polar surface area (TPSA) is 56.6 Å². The Bertz CT molecular complexity index is 711. The maximum Gasteiger partial charge on any atom is 0.266 e. The predicted octanol–water partition coefficient (Wildman–Crippen LogP) is 3.18. The fraction of sp³-hybridized carbons (Fsp3) is 0.143. The lowest BCUT2D eigenvalue weighted by Crippen LogP contribution is -2.12. The summed E-state index contributed by atoms with van der Waals surface area (Å²) in [4.78, 5) is 14.3. The van der Waals surface area contributed by atoms with Crippen molar-refractivity contribution in [2.45, 2.75) is 13.8 Å². The molecule has 0 saturated heterocycles. The number of nitrogens with one attached hydrogen (secondary N) is 1. The van der Waals surface area contributed by atoms with E-state index in [1.807, 2.05) is 31.2 Å². The lowest BCUT2D eigenvalue weighted by Gasteiger charge is -2.08. The van der Waals surface area contributed by atoms with Crippen LogP contribution in [0.3, 0.4) is 0 Å². The smallest absolute Gasteiger partial charge is 0.266 e. The quantitative estimate of drug-likeness (QED) is 0.854. The van der Waals surface area contributed by atoms with Gasteiger partial charge in [-0.05, 0) is 31.5 Å². The average Bonchev–Trinajstić information content (AvgIpc) is 2.28. The Labute approximate surface area is 110 Å². The van der Waals surface area contributed by atoms with Gasteiger partial charge in [0.25, 0.3) is 5.56 Å². The van der Waals surface area contributed by atoms with Gasteiger partial charge in [-0.25, -0.2) is 0 Å². The molecule has 4 heteroatoms.